The Hall–Kier alpha value is -2.95. The molecule has 2 heterocycles. The lowest BCUT2D eigenvalue weighted by atomic mass is 10.2. The van der Waals surface area contributed by atoms with Crippen LogP contribution in [0.2, 0.25) is 0 Å². The first kappa shape index (κ1) is 15.6. The van der Waals surface area contributed by atoms with Crippen LogP contribution in [0.5, 0.6) is 11.5 Å². The Morgan fingerprint density at radius 1 is 0.920 bits per heavy atom. The minimum atomic E-state index is 0.231. The molecule has 0 amide bonds. The van der Waals surface area contributed by atoms with Crippen LogP contribution in [-0.2, 0) is 0 Å². The summed E-state index contributed by atoms with van der Waals surface area (Å²) in [5, 5.41) is 11.0. The van der Waals surface area contributed by atoms with Gasteiger partial charge in [-0.15, -0.1) is 0 Å². The molecule has 0 radical (unpaired) electrons. The number of phenolic OH excluding ortho intramolecular Hbond substituents is 1. The second kappa shape index (κ2) is 6.51. The van der Waals surface area contributed by atoms with Crippen LogP contribution < -0.4 is 14.5 Å². The molecule has 0 spiro atoms. The van der Waals surface area contributed by atoms with Crippen molar-refractivity contribution in [1.29, 1.82) is 0 Å². The third-order valence-electron chi connectivity index (χ3n) is 4.71. The van der Waals surface area contributed by atoms with E-state index in [4.69, 9.17) is 4.74 Å². The molecular formula is C20H21N3O2. The van der Waals surface area contributed by atoms with Gasteiger partial charge < -0.3 is 19.6 Å². The molecule has 3 aromatic rings. The smallest absolute Gasteiger partial charge is 0.141 e. The average Bonchev–Trinajstić information content (AvgIpc) is 2.68. The summed E-state index contributed by atoms with van der Waals surface area (Å²) in [4.78, 5) is 9.29. The zero-order valence-corrected chi connectivity index (χ0v) is 14.2. The van der Waals surface area contributed by atoms with Crippen LogP contribution in [0.4, 0.5) is 11.5 Å². The van der Waals surface area contributed by atoms with Gasteiger partial charge in [0.15, 0.2) is 0 Å². The minimum absolute atomic E-state index is 0.231. The summed E-state index contributed by atoms with van der Waals surface area (Å²) >= 11 is 0. The number of pyridine rings is 1. The first-order chi connectivity index (χ1) is 12.2. The van der Waals surface area contributed by atoms with Gasteiger partial charge in [0, 0.05) is 43.3 Å². The second-order valence-electron chi connectivity index (χ2n) is 6.19. The molecule has 1 aromatic heterocycles. The number of ether oxygens (including phenoxy) is 1. The van der Waals surface area contributed by atoms with E-state index >= 15 is 0 Å². The molecule has 0 bridgehead atoms. The lowest BCUT2D eigenvalue weighted by Gasteiger charge is -2.36. The monoisotopic (exact) mass is 335 g/mol. The number of piperazine rings is 1. The molecule has 5 nitrogen and oxygen atoms in total. The predicted molar refractivity (Wildman–Crippen MR) is 101 cm³/mol. The maximum Gasteiger partial charge on any atom is 0.141 e. The van der Waals surface area contributed by atoms with Crippen molar-refractivity contribution in [2.45, 2.75) is 0 Å². The molecule has 0 aliphatic carbocycles. The number of aromatic hydroxyl groups is 1. The van der Waals surface area contributed by atoms with E-state index in [0.717, 1.165) is 43.1 Å². The lowest BCUT2D eigenvalue weighted by Crippen LogP contribution is -2.46. The molecule has 0 atom stereocenters. The summed E-state index contributed by atoms with van der Waals surface area (Å²) in [7, 11) is 1.69. The maximum atomic E-state index is 10.0. The van der Waals surface area contributed by atoms with Gasteiger partial charge in [-0.2, -0.15) is 0 Å². The number of rotatable bonds is 3. The van der Waals surface area contributed by atoms with Crippen molar-refractivity contribution in [3.63, 3.8) is 0 Å². The van der Waals surface area contributed by atoms with Gasteiger partial charge in [-0.25, -0.2) is 4.98 Å². The van der Waals surface area contributed by atoms with E-state index in [0.29, 0.717) is 5.52 Å². The number of hydrogen-bond donors (Lipinski definition) is 1. The number of para-hydroxylation sites is 1. The fourth-order valence-corrected chi connectivity index (χ4v) is 3.30. The SMILES string of the molecule is COc1cccc(N2CCN(c3ccc4cccc(O)c4n3)CC2)c1. The number of fused-ring (bicyclic) bond motifs is 1. The molecule has 1 N–H and O–H groups in total. The Morgan fingerprint density at radius 3 is 2.48 bits per heavy atom. The highest BCUT2D eigenvalue weighted by Gasteiger charge is 2.19. The molecule has 0 unspecified atom stereocenters. The average molecular weight is 335 g/mol. The van der Waals surface area contributed by atoms with Gasteiger partial charge in [0.1, 0.15) is 22.8 Å². The molecule has 25 heavy (non-hydrogen) atoms. The molecule has 4 rings (SSSR count). The van der Waals surface area contributed by atoms with Crippen LogP contribution >= 0.6 is 0 Å². The van der Waals surface area contributed by atoms with E-state index in [1.807, 2.05) is 36.4 Å². The van der Waals surface area contributed by atoms with Gasteiger partial charge in [-0.05, 0) is 30.3 Å². The molecule has 0 saturated carbocycles. The van der Waals surface area contributed by atoms with Crippen LogP contribution in [0.25, 0.3) is 10.9 Å². The number of nitrogens with zero attached hydrogens (tertiary/aromatic N) is 3. The number of phenols is 1. The maximum absolute atomic E-state index is 10.0. The highest BCUT2D eigenvalue weighted by molar-refractivity contribution is 5.85. The minimum Gasteiger partial charge on any atom is -0.506 e. The summed E-state index contributed by atoms with van der Waals surface area (Å²) in [6.07, 6.45) is 0. The molecular weight excluding hydrogens is 314 g/mol. The molecule has 1 aliphatic heterocycles. The van der Waals surface area contributed by atoms with Gasteiger partial charge in [0.05, 0.1) is 7.11 Å². The van der Waals surface area contributed by atoms with Crippen molar-refractivity contribution in [3.8, 4) is 11.5 Å². The van der Waals surface area contributed by atoms with Gasteiger partial charge in [0.2, 0.25) is 0 Å². The van der Waals surface area contributed by atoms with Gasteiger partial charge in [-0.3, -0.25) is 0 Å². The number of aromatic nitrogens is 1. The van der Waals surface area contributed by atoms with E-state index in [1.165, 1.54) is 5.69 Å². The quantitative estimate of drug-likeness (QED) is 0.796. The molecule has 2 aromatic carbocycles. The fourth-order valence-electron chi connectivity index (χ4n) is 3.30. The first-order valence-corrected chi connectivity index (χ1v) is 8.47. The number of methoxy groups -OCH3 is 1. The molecule has 1 saturated heterocycles. The van der Waals surface area contributed by atoms with Crippen LogP contribution in [-0.4, -0.2) is 43.4 Å². The molecule has 5 heteroatoms. The summed E-state index contributed by atoms with van der Waals surface area (Å²) in [6.45, 7) is 3.63. The third-order valence-corrected chi connectivity index (χ3v) is 4.71. The number of benzene rings is 2. The Labute approximate surface area is 147 Å². The van der Waals surface area contributed by atoms with E-state index in [9.17, 15) is 5.11 Å². The lowest BCUT2D eigenvalue weighted by molar-refractivity contribution is 0.414. The standard InChI is InChI=1S/C20H21N3O2/c1-25-17-6-3-5-16(14-17)22-10-12-23(13-11-22)19-9-8-15-4-2-7-18(24)20(15)21-19/h2-9,14,24H,10-13H2,1H3. The topological polar surface area (TPSA) is 48.8 Å². The number of anilines is 2. The normalized spacial score (nSPS) is 14.8. The third kappa shape index (κ3) is 3.05. The van der Waals surface area contributed by atoms with E-state index in [1.54, 1.807) is 13.2 Å². The Morgan fingerprint density at radius 2 is 1.68 bits per heavy atom. The van der Waals surface area contributed by atoms with Gasteiger partial charge in [-0.1, -0.05) is 18.2 Å². The zero-order chi connectivity index (χ0) is 17.2. The predicted octanol–water partition coefficient (Wildman–Crippen LogP) is 3.28. The summed E-state index contributed by atoms with van der Waals surface area (Å²) in [5.74, 6) is 2.03. The van der Waals surface area contributed by atoms with Crippen molar-refractivity contribution in [1.82, 2.24) is 4.98 Å². The summed E-state index contributed by atoms with van der Waals surface area (Å²) < 4.78 is 5.32. The Balaban J connectivity index is 1.51. The summed E-state index contributed by atoms with van der Waals surface area (Å²) in [6, 6.07) is 17.7. The Bertz CT molecular complexity index is 889. The Kier molecular flexibility index (Phi) is 4.06. The van der Waals surface area contributed by atoms with Gasteiger partial charge in [0.25, 0.3) is 0 Å². The van der Waals surface area contributed by atoms with Gasteiger partial charge >= 0.3 is 0 Å². The molecule has 1 fully saturated rings. The van der Waals surface area contributed by atoms with E-state index < -0.39 is 0 Å². The fraction of sp³-hybridized carbons (Fsp3) is 0.250. The van der Waals surface area contributed by atoms with Crippen LogP contribution in [0.15, 0.2) is 54.6 Å². The van der Waals surface area contributed by atoms with Crippen LogP contribution in [0.3, 0.4) is 0 Å². The van der Waals surface area contributed by atoms with Crippen molar-refractivity contribution in [3.05, 3.63) is 54.6 Å². The molecule has 128 valence electrons. The highest BCUT2D eigenvalue weighted by Crippen LogP contribution is 2.27. The number of hydrogen-bond acceptors (Lipinski definition) is 5. The highest BCUT2D eigenvalue weighted by atomic mass is 16.5. The largest absolute Gasteiger partial charge is 0.506 e. The van der Waals surface area contributed by atoms with E-state index in [-0.39, 0.29) is 5.75 Å². The van der Waals surface area contributed by atoms with Crippen molar-refractivity contribution in [2.75, 3.05) is 43.1 Å². The summed E-state index contributed by atoms with van der Waals surface area (Å²) in [5.41, 5.74) is 1.85. The van der Waals surface area contributed by atoms with E-state index in [2.05, 4.69) is 26.9 Å². The first-order valence-electron chi connectivity index (χ1n) is 8.47. The second-order valence-corrected chi connectivity index (χ2v) is 6.19. The van der Waals surface area contributed by atoms with Crippen molar-refractivity contribution >= 4 is 22.4 Å². The molecule has 1 aliphatic rings. The zero-order valence-electron chi connectivity index (χ0n) is 14.2. The van der Waals surface area contributed by atoms with Crippen molar-refractivity contribution in [2.24, 2.45) is 0 Å². The van der Waals surface area contributed by atoms with Crippen LogP contribution in [0.1, 0.15) is 0 Å². The van der Waals surface area contributed by atoms with Crippen LogP contribution in [0, 0.1) is 0 Å². The van der Waals surface area contributed by atoms with Crippen molar-refractivity contribution < 1.29 is 9.84 Å².